The molecule has 0 unspecified atom stereocenters. The third kappa shape index (κ3) is 3.29. The Balaban J connectivity index is 2.09. The Hall–Kier alpha value is -2.41. The summed E-state index contributed by atoms with van der Waals surface area (Å²) in [6.07, 6.45) is 0.0307. The number of thiazole rings is 1. The normalized spacial score (nSPS) is 10.1. The third-order valence-electron chi connectivity index (χ3n) is 2.28. The average Bonchev–Trinajstić information content (AvgIpc) is 2.76. The van der Waals surface area contributed by atoms with Crippen LogP contribution in [0.5, 0.6) is 5.75 Å². The molecule has 0 radical (unpaired) electrons. The number of amides is 2. The average molecular weight is 277 g/mol. The van der Waals surface area contributed by atoms with Crippen molar-refractivity contribution < 1.29 is 14.7 Å². The third-order valence-corrected chi connectivity index (χ3v) is 3.08. The monoisotopic (exact) mass is 277 g/mol. The number of nitrogens with one attached hydrogen (secondary N) is 1. The molecule has 0 aliphatic heterocycles. The standard InChI is InChI=1S/C12H11N3O3S/c13-10(17)5-7-6-19-12(14-7)15-11(18)8-3-1-2-4-9(8)16/h1-4,6,16H,5H2,(H2,13,17)(H,14,15,18). The van der Waals surface area contributed by atoms with Crippen LogP contribution >= 0.6 is 11.3 Å². The molecule has 0 saturated carbocycles. The van der Waals surface area contributed by atoms with Crippen LogP contribution in [0.3, 0.4) is 0 Å². The lowest BCUT2D eigenvalue weighted by Crippen LogP contribution is -2.14. The van der Waals surface area contributed by atoms with E-state index in [0.29, 0.717) is 10.8 Å². The van der Waals surface area contributed by atoms with E-state index < -0.39 is 11.8 Å². The van der Waals surface area contributed by atoms with Crippen molar-refractivity contribution in [3.8, 4) is 5.75 Å². The zero-order valence-corrected chi connectivity index (χ0v) is 10.6. The molecule has 0 bridgehead atoms. The van der Waals surface area contributed by atoms with Gasteiger partial charge in [0.05, 0.1) is 17.7 Å². The molecule has 0 spiro atoms. The van der Waals surface area contributed by atoms with Crippen LogP contribution in [0.4, 0.5) is 5.13 Å². The summed E-state index contributed by atoms with van der Waals surface area (Å²) in [6, 6.07) is 6.20. The summed E-state index contributed by atoms with van der Waals surface area (Å²) in [5, 5.41) is 14.1. The zero-order valence-electron chi connectivity index (χ0n) is 9.79. The first-order valence-corrected chi connectivity index (χ1v) is 6.26. The Bertz CT molecular complexity index is 624. The van der Waals surface area contributed by atoms with Crippen molar-refractivity contribution in [2.75, 3.05) is 5.32 Å². The van der Waals surface area contributed by atoms with Crippen LogP contribution in [0.1, 0.15) is 16.1 Å². The summed E-state index contributed by atoms with van der Waals surface area (Å²) in [6.45, 7) is 0. The number of hydrogen-bond acceptors (Lipinski definition) is 5. The van der Waals surface area contributed by atoms with E-state index >= 15 is 0 Å². The maximum absolute atomic E-state index is 11.9. The lowest BCUT2D eigenvalue weighted by Gasteiger charge is -2.03. The van der Waals surface area contributed by atoms with Crippen molar-refractivity contribution >= 4 is 28.3 Å². The molecule has 0 aliphatic rings. The topological polar surface area (TPSA) is 105 Å². The number of anilines is 1. The predicted octanol–water partition coefficient (Wildman–Crippen LogP) is 1.13. The molecule has 1 heterocycles. The number of carbonyl (C=O) groups is 2. The lowest BCUT2D eigenvalue weighted by molar-refractivity contribution is -0.117. The van der Waals surface area contributed by atoms with Gasteiger partial charge in [-0.3, -0.25) is 14.9 Å². The fourth-order valence-electron chi connectivity index (χ4n) is 1.45. The summed E-state index contributed by atoms with van der Waals surface area (Å²) in [4.78, 5) is 26.7. The van der Waals surface area contributed by atoms with E-state index in [1.807, 2.05) is 0 Å². The minimum absolute atomic E-state index is 0.0307. The largest absolute Gasteiger partial charge is 0.507 e. The van der Waals surface area contributed by atoms with E-state index in [9.17, 15) is 14.7 Å². The fourth-order valence-corrected chi connectivity index (χ4v) is 2.16. The Labute approximate surface area is 112 Å². The molecule has 0 fully saturated rings. The van der Waals surface area contributed by atoms with E-state index in [0.717, 1.165) is 0 Å². The number of nitrogens with zero attached hydrogens (tertiary/aromatic N) is 1. The van der Waals surface area contributed by atoms with E-state index in [4.69, 9.17) is 5.73 Å². The van der Waals surface area contributed by atoms with Crippen LogP contribution in [0.25, 0.3) is 0 Å². The highest BCUT2D eigenvalue weighted by Crippen LogP contribution is 2.20. The summed E-state index contributed by atoms with van der Waals surface area (Å²) in [5.74, 6) is -1.05. The molecule has 2 rings (SSSR count). The molecular weight excluding hydrogens is 266 g/mol. The van der Waals surface area contributed by atoms with Gasteiger partial charge in [0.1, 0.15) is 5.75 Å². The van der Waals surface area contributed by atoms with E-state index in [1.54, 1.807) is 17.5 Å². The summed E-state index contributed by atoms with van der Waals surface area (Å²) in [5.41, 5.74) is 5.72. The van der Waals surface area contributed by atoms with Gasteiger partial charge in [0.25, 0.3) is 5.91 Å². The number of hydrogen-bond donors (Lipinski definition) is 3. The Kier molecular flexibility index (Phi) is 3.76. The van der Waals surface area contributed by atoms with E-state index in [-0.39, 0.29) is 17.7 Å². The van der Waals surface area contributed by atoms with Crippen molar-refractivity contribution in [2.24, 2.45) is 5.73 Å². The van der Waals surface area contributed by atoms with Crippen molar-refractivity contribution in [2.45, 2.75) is 6.42 Å². The number of rotatable bonds is 4. The minimum Gasteiger partial charge on any atom is -0.507 e. The molecule has 0 aliphatic carbocycles. The first-order chi connectivity index (χ1) is 9.06. The van der Waals surface area contributed by atoms with Crippen LogP contribution in [-0.4, -0.2) is 21.9 Å². The number of nitrogens with two attached hydrogens (primary N) is 1. The summed E-state index contributed by atoms with van der Waals surface area (Å²) >= 11 is 1.19. The second-order valence-corrected chi connectivity index (χ2v) is 4.62. The van der Waals surface area contributed by atoms with Crippen LogP contribution in [0.2, 0.25) is 0 Å². The maximum atomic E-state index is 11.9. The van der Waals surface area contributed by atoms with Crippen molar-refractivity contribution in [3.05, 3.63) is 40.9 Å². The summed E-state index contributed by atoms with van der Waals surface area (Å²) < 4.78 is 0. The number of phenolic OH excluding ortho intramolecular Hbond substituents is 1. The van der Waals surface area contributed by atoms with Gasteiger partial charge in [-0.2, -0.15) is 0 Å². The van der Waals surface area contributed by atoms with Gasteiger partial charge >= 0.3 is 0 Å². The van der Waals surface area contributed by atoms with Gasteiger partial charge in [-0.25, -0.2) is 4.98 Å². The molecule has 4 N–H and O–H groups in total. The Morgan fingerprint density at radius 1 is 1.37 bits per heavy atom. The molecule has 98 valence electrons. The number of phenols is 1. The van der Waals surface area contributed by atoms with Crippen LogP contribution < -0.4 is 11.1 Å². The van der Waals surface area contributed by atoms with Gasteiger partial charge in [-0.05, 0) is 12.1 Å². The van der Waals surface area contributed by atoms with Crippen molar-refractivity contribution in [1.29, 1.82) is 0 Å². The number of carbonyl (C=O) groups excluding carboxylic acids is 2. The van der Waals surface area contributed by atoms with Gasteiger partial charge in [0.15, 0.2) is 5.13 Å². The highest BCUT2D eigenvalue weighted by molar-refractivity contribution is 7.14. The minimum atomic E-state index is -0.483. The van der Waals surface area contributed by atoms with Crippen LogP contribution in [-0.2, 0) is 11.2 Å². The van der Waals surface area contributed by atoms with E-state index in [2.05, 4.69) is 10.3 Å². The predicted molar refractivity (Wildman–Crippen MR) is 71.1 cm³/mol. The number of primary amides is 1. The van der Waals surface area contributed by atoms with Crippen LogP contribution in [0, 0.1) is 0 Å². The zero-order chi connectivity index (χ0) is 13.8. The van der Waals surface area contributed by atoms with Gasteiger partial charge in [0, 0.05) is 5.38 Å². The van der Waals surface area contributed by atoms with Gasteiger partial charge in [-0.15, -0.1) is 11.3 Å². The fraction of sp³-hybridized carbons (Fsp3) is 0.0833. The first-order valence-electron chi connectivity index (χ1n) is 5.38. The van der Waals surface area contributed by atoms with Gasteiger partial charge in [-0.1, -0.05) is 12.1 Å². The second-order valence-electron chi connectivity index (χ2n) is 3.76. The lowest BCUT2D eigenvalue weighted by atomic mass is 10.2. The molecule has 2 aromatic rings. The molecule has 19 heavy (non-hydrogen) atoms. The quantitative estimate of drug-likeness (QED) is 0.778. The number of aromatic hydroxyl groups is 1. The number of para-hydroxylation sites is 1. The van der Waals surface area contributed by atoms with Gasteiger partial charge in [0.2, 0.25) is 5.91 Å². The highest BCUT2D eigenvalue weighted by Gasteiger charge is 2.12. The molecule has 1 aromatic heterocycles. The Morgan fingerprint density at radius 2 is 2.11 bits per heavy atom. The van der Waals surface area contributed by atoms with Crippen LogP contribution in [0.15, 0.2) is 29.6 Å². The van der Waals surface area contributed by atoms with Crippen molar-refractivity contribution in [3.63, 3.8) is 0 Å². The molecule has 7 heteroatoms. The Morgan fingerprint density at radius 3 is 2.79 bits per heavy atom. The van der Waals surface area contributed by atoms with Crippen molar-refractivity contribution in [1.82, 2.24) is 4.98 Å². The number of aromatic nitrogens is 1. The molecule has 6 nitrogen and oxygen atoms in total. The van der Waals surface area contributed by atoms with E-state index in [1.165, 1.54) is 23.5 Å². The smallest absolute Gasteiger partial charge is 0.261 e. The second kappa shape index (κ2) is 5.49. The summed E-state index contributed by atoms with van der Waals surface area (Å²) in [7, 11) is 0. The molecule has 2 amide bonds. The maximum Gasteiger partial charge on any atom is 0.261 e. The number of benzene rings is 1. The highest BCUT2D eigenvalue weighted by atomic mass is 32.1. The molecule has 0 saturated heterocycles. The SMILES string of the molecule is NC(=O)Cc1csc(NC(=O)c2ccccc2O)n1. The molecular formula is C12H11N3O3S. The van der Waals surface area contributed by atoms with Gasteiger partial charge < -0.3 is 10.8 Å². The molecule has 0 atom stereocenters. The first kappa shape index (κ1) is 13.0. The molecule has 1 aromatic carbocycles.